The van der Waals surface area contributed by atoms with Gasteiger partial charge in [0.25, 0.3) is 5.91 Å². The van der Waals surface area contributed by atoms with E-state index in [4.69, 9.17) is 9.47 Å². The maximum atomic E-state index is 12.4. The van der Waals surface area contributed by atoms with Crippen LogP contribution in [0, 0.1) is 5.92 Å². The van der Waals surface area contributed by atoms with Gasteiger partial charge in [0.2, 0.25) is 6.79 Å². The molecular weight excluding hydrogens is 356 g/mol. The van der Waals surface area contributed by atoms with Gasteiger partial charge in [-0.25, -0.2) is 5.43 Å². The predicted octanol–water partition coefficient (Wildman–Crippen LogP) is 4.19. The molecule has 0 aliphatic carbocycles. The number of carbonyl (C=O) groups excluding carboxylic acids is 2. The van der Waals surface area contributed by atoms with Gasteiger partial charge < -0.3 is 9.47 Å². The van der Waals surface area contributed by atoms with Crippen molar-refractivity contribution in [1.29, 1.82) is 0 Å². The van der Waals surface area contributed by atoms with E-state index in [1.807, 2.05) is 38.1 Å². The molecule has 2 aromatic carbocycles. The monoisotopic (exact) mass is 380 g/mol. The summed E-state index contributed by atoms with van der Waals surface area (Å²) in [5, 5.41) is 4.17. The number of carbonyl (C=O) groups is 2. The Bertz CT molecular complexity index is 899. The van der Waals surface area contributed by atoms with Crippen LogP contribution in [0.4, 0.5) is 0 Å². The van der Waals surface area contributed by atoms with E-state index in [1.54, 1.807) is 25.1 Å². The molecular formula is C22H24N2O4. The average molecular weight is 380 g/mol. The smallest absolute Gasteiger partial charge is 0.271 e. The van der Waals surface area contributed by atoms with Gasteiger partial charge in [-0.05, 0) is 43.5 Å². The summed E-state index contributed by atoms with van der Waals surface area (Å²) in [6, 6.07) is 12.3. The summed E-state index contributed by atoms with van der Waals surface area (Å²) in [6.45, 7) is 6.02. The quantitative estimate of drug-likeness (QED) is 0.444. The lowest BCUT2D eigenvalue weighted by Crippen LogP contribution is -2.19. The molecule has 1 N–H and O–H groups in total. The van der Waals surface area contributed by atoms with E-state index in [1.165, 1.54) is 0 Å². The van der Waals surface area contributed by atoms with Crippen LogP contribution in [0.5, 0.6) is 11.5 Å². The Morgan fingerprint density at radius 2 is 1.57 bits per heavy atom. The van der Waals surface area contributed by atoms with Crippen LogP contribution in [0.15, 0.2) is 47.6 Å². The van der Waals surface area contributed by atoms with Crippen LogP contribution in [0.2, 0.25) is 0 Å². The molecule has 2 aromatic rings. The van der Waals surface area contributed by atoms with Gasteiger partial charge >= 0.3 is 0 Å². The normalized spacial score (nSPS) is 12.9. The summed E-state index contributed by atoms with van der Waals surface area (Å²) in [7, 11) is 0. The van der Waals surface area contributed by atoms with Gasteiger partial charge in [0.05, 0.1) is 5.71 Å². The number of rotatable bonds is 7. The lowest BCUT2D eigenvalue weighted by Gasteiger charge is -2.11. The Kier molecular flexibility index (Phi) is 6.09. The molecule has 0 bridgehead atoms. The number of hydrogen-bond acceptors (Lipinski definition) is 5. The average Bonchev–Trinajstić information content (AvgIpc) is 3.20. The molecule has 0 fully saturated rings. The fourth-order valence-corrected chi connectivity index (χ4v) is 3.07. The molecule has 6 heteroatoms. The summed E-state index contributed by atoms with van der Waals surface area (Å²) < 4.78 is 10.5. The summed E-state index contributed by atoms with van der Waals surface area (Å²) in [5.74, 6) is 1.06. The van der Waals surface area contributed by atoms with Crippen LogP contribution >= 0.6 is 0 Å². The topological polar surface area (TPSA) is 77.0 Å². The van der Waals surface area contributed by atoms with E-state index in [-0.39, 0.29) is 24.4 Å². The molecule has 1 heterocycles. The van der Waals surface area contributed by atoms with Gasteiger partial charge in [-0.15, -0.1) is 0 Å². The highest BCUT2D eigenvalue weighted by atomic mass is 16.7. The highest BCUT2D eigenvalue weighted by molar-refractivity contribution is 6.02. The number of ether oxygens (including phenoxy) is 2. The van der Waals surface area contributed by atoms with Crippen molar-refractivity contribution in [1.82, 2.24) is 5.43 Å². The van der Waals surface area contributed by atoms with E-state index < -0.39 is 0 Å². The van der Waals surface area contributed by atoms with Crippen LogP contribution in [-0.4, -0.2) is 24.2 Å². The molecule has 0 radical (unpaired) electrons. The fraction of sp³-hybridized carbons (Fsp3) is 0.318. The molecule has 6 nitrogen and oxygen atoms in total. The van der Waals surface area contributed by atoms with Crippen LogP contribution in [0.3, 0.4) is 0 Å². The molecule has 0 atom stereocenters. The van der Waals surface area contributed by atoms with Gasteiger partial charge in [-0.1, -0.05) is 38.1 Å². The third-order valence-electron chi connectivity index (χ3n) is 4.90. The highest BCUT2D eigenvalue weighted by Gasteiger charge is 2.17. The molecule has 3 rings (SSSR count). The van der Waals surface area contributed by atoms with E-state index in [9.17, 15) is 9.59 Å². The maximum Gasteiger partial charge on any atom is 0.271 e. The zero-order valence-corrected chi connectivity index (χ0v) is 16.3. The third-order valence-corrected chi connectivity index (χ3v) is 4.90. The summed E-state index contributed by atoms with van der Waals surface area (Å²) in [4.78, 5) is 24.7. The fourth-order valence-electron chi connectivity index (χ4n) is 3.07. The minimum Gasteiger partial charge on any atom is -0.454 e. The van der Waals surface area contributed by atoms with Crippen molar-refractivity contribution < 1.29 is 19.1 Å². The Balaban J connectivity index is 1.66. The van der Waals surface area contributed by atoms with Gasteiger partial charge in [0.15, 0.2) is 17.3 Å². The molecule has 146 valence electrons. The first-order chi connectivity index (χ1) is 13.5. The molecule has 0 aromatic heterocycles. The molecule has 1 aliphatic heterocycles. The van der Waals surface area contributed by atoms with Gasteiger partial charge in [0.1, 0.15) is 0 Å². The first-order valence-electron chi connectivity index (χ1n) is 9.42. The van der Waals surface area contributed by atoms with E-state index in [0.29, 0.717) is 28.3 Å². The molecule has 28 heavy (non-hydrogen) atoms. The first-order valence-corrected chi connectivity index (χ1v) is 9.42. The summed E-state index contributed by atoms with van der Waals surface area (Å²) >= 11 is 0. The number of Topliss-reactive ketones (excluding diaryl/α,β-unsaturated/α-hetero) is 1. The van der Waals surface area contributed by atoms with E-state index >= 15 is 0 Å². The number of ketones is 1. The molecule has 1 aliphatic rings. The SMILES string of the molecule is CCC(CC)C(=O)c1ccc(/C(C)=N\NC(=O)c2ccc3c(c2)OCO3)cc1. The van der Waals surface area contributed by atoms with Crippen molar-refractivity contribution in [2.24, 2.45) is 11.0 Å². The molecule has 0 saturated carbocycles. The number of nitrogens with zero attached hydrogens (tertiary/aromatic N) is 1. The largest absolute Gasteiger partial charge is 0.454 e. The van der Waals surface area contributed by atoms with Crippen molar-refractivity contribution in [2.75, 3.05) is 6.79 Å². The van der Waals surface area contributed by atoms with Crippen LogP contribution in [0.1, 0.15) is 59.9 Å². The lowest BCUT2D eigenvalue weighted by molar-refractivity contribution is 0.0912. The predicted molar refractivity (Wildman–Crippen MR) is 107 cm³/mol. The van der Waals surface area contributed by atoms with E-state index in [2.05, 4.69) is 10.5 Å². The van der Waals surface area contributed by atoms with Crippen molar-refractivity contribution >= 4 is 17.4 Å². The Labute approximate surface area is 164 Å². The molecule has 0 unspecified atom stereocenters. The lowest BCUT2D eigenvalue weighted by atomic mass is 9.92. The van der Waals surface area contributed by atoms with Gasteiger partial charge in [0, 0.05) is 17.0 Å². The first kappa shape index (κ1) is 19.6. The Hall–Kier alpha value is -3.15. The van der Waals surface area contributed by atoms with Gasteiger partial charge in [-0.3, -0.25) is 9.59 Å². The molecule has 0 spiro atoms. The number of nitrogens with one attached hydrogen (secondary N) is 1. The van der Waals surface area contributed by atoms with Crippen molar-refractivity contribution in [3.05, 3.63) is 59.2 Å². The Morgan fingerprint density at radius 3 is 2.25 bits per heavy atom. The number of benzene rings is 2. The highest BCUT2D eigenvalue weighted by Crippen LogP contribution is 2.32. The Morgan fingerprint density at radius 1 is 0.964 bits per heavy atom. The zero-order valence-electron chi connectivity index (χ0n) is 16.3. The minimum atomic E-state index is -0.335. The van der Waals surface area contributed by atoms with E-state index in [0.717, 1.165) is 18.4 Å². The van der Waals surface area contributed by atoms with Crippen LogP contribution in [0.25, 0.3) is 0 Å². The summed E-state index contributed by atoms with van der Waals surface area (Å²) in [5.41, 5.74) is 5.18. The van der Waals surface area contributed by atoms with Crippen molar-refractivity contribution in [3.63, 3.8) is 0 Å². The second kappa shape index (κ2) is 8.69. The third kappa shape index (κ3) is 4.22. The van der Waals surface area contributed by atoms with Crippen LogP contribution in [-0.2, 0) is 0 Å². The van der Waals surface area contributed by atoms with Crippen LogP contribution < -0.4 is 14.9 Å². The number of fused-ring (bicyclic) bond motifs is 1. The zero-order chi connectivity index (χ0) is 20.1. The standard InChI is InChI=1S/C22H24N2O4/c1-4-15(5-2)21(25)17-8-6-16(7-9-17)14(3)23-24-22(26)18-10-11-19-20(12-18)28-13-27-19/h6-12,15H,4-5,13H2,1-3H3,(H,24,26)/b23-14-. The molecule has 1 amide bonds. The number of hydrazone groups is 1. The van der Waals surface area contributed by atoms with Crippen molar-refractivity contribution in [3.8, 4) is 11.5 Å². The molecule has 0 saturated heterocycles. The number of amides is 1. The second-order valence-corrected chi connectivity index (χ2v) is 6.66. The maximum absolute atomic E-state index is 12.4. The summed E-state index contributed by atoms with van der Waals surface area (Å²) in [6.07, 6.45) is 1.67. The second-order valence-electron chi connectivity index (χ2n) is 6.66. The van der Waals surface area contributed by atoms with Crippen molar-refractivity contribution in [2.45, 2.75) is 33.6 Å². The number of hydrogen-bond donors (Lipinski definition) is 1. The van der Waals surface area contributed by atoms with Gasteiger partial charge in [-0.2, -0.15) is 5.10 Å². The minimum absolute atomic E-state index is 0.0570.